The average Bonchev–Trinajstić information content (AvgIpc) is 3.00. The molecule has 0 aromatic heterocycles. The van der Waals surface area contributed by atoms with Gasteiger partial charge in [0, 0.05) is 13.0 Å². The van der Waals surface area contributed by atoms with Gasteiger partial charge in [-0.2, -0.15) is 5.26 Å². The summed E-state index contributed by atoms with van der Waals surface area (Å²) in [6.07, 6.45) is 0. The highest BCUT2D eigenvalue weighted by Crippen LogP contribution is 2.33. The van der Waals surface area contributed by atoms with Crippen molar-refractivity contribution in [2.75, 3.05) is 6.79 Å². The first-order valence-corrected chi connectivity index (χ1v) is 6.89. The van der Waals surface area contributed by atoms with Gasteiger partial charge in [0.25, 0.3) is 0 Å². The van der Waals surface area contributed by atoms with Crippen LogP contribution in [-0.2, 0) is 11.4 Å². The Morgan fingerprint density at radius 2 is 2.04 bits per heavy atom. The van der Waals surface area contributed by atoms with Gasteiger partial charge in [0.15, 0.2) is 17.2 Å². The van der Waals surface area contributed by atoms with Crippen LogP contribution >= 0.6 is 0 Å². The molecule has 116 valence electrons. The maximum atomic E-state index is 11.1. The lowest BCUT2D eigenvalue weighted by molar-refractivity contribution is -0.131. The van der Waals surface area contributed by atoms with Crippen LogP contribution in [-0.4, -0.2) is 12.8 Å². The normalized spacial score (nSPS) is 11.7. The van der Waals surface area contributed by atoms with Gasteiger partial charge in [-0.15, -0.1) is 0 Å². The van der Waals surface area contributed by atoms with E-state index in [9.17, 15) is 4.79 Å². The minimum atomic E-state index is -0.491. The second-order valence-electron chi connectivity index (χ2n) is 4.84. The molecule has 3 rings (SSSR count). The summed E-state index contributed by atoms with van der Waals surface area (Å²) in [7, 11) is 0. The number of benzene rings is 2. The summed E-state index contributed by atoms with van der Waals surface area (Å²) < 4.78 is 21.3. The summed E-state index contributed by atoms with van der Waals surface area (Å²) in [6.45, 7) is 1.81. The third-order valence-corrected chi connectivity index (χ3v) is 3.17. The molecule has 0 atom stereocenters. The molecule has 1 heterocycles. The Labute approximate surface area is 132 Å². The highest BCUT2D eigenvalue weighted by atomic mass is 16.7. The van der Waals surface area contributed by atoms with Crippen LogP contribution in [0.4, 0.5) is 0 Å². The first-order chi connectivity index (χ1) is 11.2. The third kappa shape index (κ3) is 3.35. The molecule has 0 saturated carbocycles. The fourth-order valence-corrected chi connectivity index (χ4v) is 2.12. The Bertz CT molecular complexity index is 794. The standard InChI is InChI=1S/C17H13NO5/c1-11(19)23-16-7-14(4-3-13(16)8-18)20-9-12-2-5-15-17(6-12)22-10-21-15/h2-7H,9-10H2,1H3. The Kier molecular flexibility index (Phi) is 4.02. The zero-order chi connectivity index (χ0) is 16.2. The number of esters is 1. The lowest BCUT2D eigenvalue weighted by Crippen LogP contribution is -2.03. The molecule has 6 heteroatoms. The molecule has 0 spiro atoms. The summed E-state index contributed by atoms with van der Waals surface area (Å²) >= 11 is 0. The van der Waals surface area contributed by atoms with E-state index in [1.165, 1.54) is 13.0 Å². The number of hydrogen-bond acceptors (Lipinski definition) is 6. The maximum Gasteiger partial charge on any atom is 0.308 e. The smallest absolute Gasteiger partial charge is 0.308 e. The fourth-order valence-electron chi connectivity index (χ4n) is 2.12. The maximum absolute atomic E-state index is 11.1. The predicted molar refractivity (Wildman–Crippen MR) is 79.4 cm³/mol. The number of nitriles is 1. The number of rotatable bonds is 4. The third-order valence-electron chi connectivity index (χ3n) is 3.17. The van der Waals surface area contributed by atoms with Gasteiger partial charge < -0.3 is 18.9 Å². The number of fused-ring (bicyclic) bond motifs is 1. The molecule has 0 aliphatic carbocycles. The van der Waals surface area contributed by atoms with Crippen LogP contribution in [0.3, 0.4) is 0 Å². The van der Waals surface area contributed by atoms with E-state index >= 15 is 0 Å². The van der Waals surface area contributed by atoms with Crippen molar-refractivity contribution in [3.05, 3.63) is 47.5 Å². The van der Waals surface area contributed by atoms with Gasteiger partial charge in [0.2, 0.25) is 6.79 Å². The van der Waals surface area contributed by atoms with E-state index in [0.717, 1.165) is 5.56 Å². The number of hydrogen-bond donors (Lipinski definition) is 0. The van der Waals surface area contributed by atoms with E-state index in [-0.39, 0.29) is 18.1 Å². The van der Waals surface area contributed by atoms with Crippen molar-refractivity contribution in [1.29, 1.82) is 5.26 Å². The average molecular weight is 311 g/mol. The summed E-state index contributed by atoms with van der Waals surface area (Å²) in [6, 6.07) is 12.2. The molecule has 0 fully saturated rings. The number of carbonyl (C=O) groups excluding carboxylic acids is 1. The molecule has 2 aromatic carbocycles. The molecule has 0 N–H and O–H groups in total. The molecule has 0 radical (unpaired) electrons. The number of carbonyl (C=O) groups is 1. The number of ether oxygens (including phenoxy) is 4. The second kappa shape index (κ2) is 6.28. The van der Waals surface area contributed by atoms with E-state index in [1.807, 2.05) is 24.3 Å². The van der Waals surface area contributed by atoms with Crippen LogP contribution in [0, 0.1) is 11.3 Å². The Morgan fingerprint density at radius 3 is 2.83 bits per heavy atom. The van der Waals surface area contributed by atoms with Crippen molar-refractivity contribution >= 4 is 5.97 Å². The minimum Gasteiger partial charge on any atom is -0.489 e. The molecule has 2 aromatic rings. The van der Waals surface area contributed by atoms with Crippen molar-refractivity contribution in [3.63, 3.8) is 0 Å². The van der Waals surface area contributed by atoms with Crippen molar-refractivity contribution in [1.82, 2.24) is 0 Å². The minimum absolute atomic E-state index is 0.184. The molecule has 0 amide bonds. The van der Waals surface area contributed by atoms with Gasteiger partial charge >= 0.3 is 5.97 Å². The monoisotopic (exact) mass is 311 g/mol. The summed E-state index contributed by atoms with van der Waals surface area (Å²) in [5, 5.41) is 9.01. The van der Waals surface area contributed by atoms with E-state index in [4.69, 9.17) is 24.2 Å². The van der Waals surface area contributed by atoms with Crippen LogP contribution in [0.1, 0.15) is 18.1 Å². The van der Waals surface area contributed by atoms with Gasteiger partial charge in [-0.05, 0) is 29.8 Å². The lowest BCUT2D eigenvalue weighted by Gasteiger charge is -2.09. The van der Waals surface area contributed by atoms with E-state index in [1.54, 1.807) is 12.1 Å². The van der Waals surface area contributed by atoms with Crippen molar-refractivity contribution in [2.45, 2.75) is 13.5 Å². The Balaban J connectivity index is 1.73. The highest BCUT2D eigenvalue weighted by molar-refractivity contribution is 5.70. The quantitative estimate of drug-likeness (QED) is 0.638. The van der Waals surface area contributed by atoms with Crippen molar-refractivity contribution < 1.29 is 23.7 Å². The van der Waals surface area contributed by atoms with E-state index < -0.39 is 5.97 Å². The SMILES string of the molecule is CC(=O)Oc1cc(OCc2ccc3c(c2)OCO3)ccc1C#N. The van der Waals surface area contributed by atoms with Crippen molar-refractivity contribution in [2.24, 2.45) is 0 Å². The Hall–Kier alpha value is -3.20. The van der Waals surface area contributed by atoms with Crippen LogP contribution in [0.25, 0.3) is 0 Å². The van der Waals surface area contributed by atoms with Crippen LogP contribution < -0.4 is 18.9 Å². The second-order valence-corrected chi connectivity index (χ2v) is 4.84. The highest BCUT2D eigenvalue weighted by Gasteiger charge is 2.13. The predicted octanol–water partition coefficient (Wildman–Crippen LogP) is 2.79. The molecule has 1 aliphatic rings. The van der Waals surface area contributed by atoms with Gasteiger partial charge in [-0.1, -0.05) is 6.07 Å². The van der Waals surface area contributed by atoms with Gasteiger partial charge in [-0.25, -0.2) is 0 Å². The van der Waals surface area contributed by atoms with E-state index in [2.05, 4.69) is 0 Å². The first kappa shape index (κ1) is 14.7. The van der Waals surface area contributed by atoms with Crippen LogP contribution in [0.5, 0.6) is 23.0 Å². The summed E-state index contributed by atoms with van der Waals surface area (Å²) in [4.78, 5) is 11.1. The molecule has 0 bridgehead atoms. The molecule has 0 unspecified atom stereocenters. The lowest BCUT2D eigenvalue weighted by atomic mass is 10.2. The van der Waals surface area contributed by atoms with Crippen molar-refractivity contribution in [3.8, 4) is 29.1 Å². The largest absolute Gasteiger partial charge is 0.489 e. The van der Waals surface area contributed by atoms with Gasteiger partial charge in [0.05, 0.1) is 5.56 Å². The van der Waals surface area contributed by atoms with Gasteiger partial charge in [0.1, 0.15) is 18.4 Å². The molecule has 0 saturated heterocycles. The van der Waals surface area contributed by atoms with E-state index in [0.29, 0.717) is 23.9 Å². The molecular weight excluding hydrogens is 298 g/mol. The number of nitrogens with zero attached hydrogens (tertiary/aromatic N) is 1. The molecule has 23 heavy (non-hydrogen) atoms. The van der Waals surface area contributed by atoms with Crippen LogP contribution in [0.2, 0.25) is 0 Å². The summed E-state index contributed by atoms with van der Waals surface area (Å²) in [5.74, 6) is 1.59. The first-order valence-electron chi connectivity index (χ1n) is 6.89. The topological polar surface area (TPSA) is 77.8 Å². The molecule has 6 nitrogen and oxygen atoms in total. The fraction of sp³-hybridized carbons (Fsp3) is 0.176. The molecular formula is C17H13NO5. The van der Waals surface area contributed by atoms with Crippen LogP contribution in [0.15, 0.2) is 36.4 Å². The summed E-state index contributed by atoms with van der Waals surface area (Å²) in [5.41, 5.74) is 1.18. The zero-order valence-electron chi connectivity index (χ0n) is 12.4. The molecule has 1 aliphatic heterocycles. The van der Waals surface area contributed by atoms with Gasteiger partial charge in [-0.3, -0.25) is 4.79 Å². The zero-order valence-corrected chi connectivity index (χ0v) is 12.4. The Morgan fingerprint density at radius 1 is 1.22 bits per heavy atom.